The number of unbranched alkanes of at least 4 members (excludes halogenated alkanes) is 7. The van der Waals surface area contributed by atoms with Crippen LogP contribution in [0.2, 0.25) is 0 Å². The van der Waals surface area contributed by atoms with Crippen molar-refractivity contribution in [3.63, 3.8) is 0 Å². The topological polar surface area (TPSA) is 97.4 Å². The molecule has 0 saturated carbocycles. The number of hydrogen-bond donors (Lipinski definition) is 0. The highest BCUT2D eigenvalue weighted by Gasteiger charge is 2.17. The van der Waals surface area contributed by atoms with Crippen molar-refractivity contribution in [1.82, 2.24) is 0 Å². The largest absolute Gasteiger partial charge is 0.493 e. The number of esters is 3. The SMILES string of the molecule is C=CC(=O)OCCCCOc1ccc(C(=O)Oc2ccc(C(=O)Oc3ccc(CCCCCCCCC)cc3)cc2OC)cc1C. The fraction of sp³-hybridized carbons (Fsp3) is 0.395. The lowest BCUT2D eigenvalue weighted by atomic mass is 10.0. The zero-order chi connectivity index (χ0) is 33.1. The van der Waals surface area contributed by atoms with Gasteiger partial charge in [0.05, 0.1) is 31.5 Å². The number of benzene rings is 3. The number of carbonyl (C=O) groups excluding carboxylic acids is 3. The minimum Gasteiger partial charge on any atom is -0.493 e. The van der Waals surface area contributed by atoms with Gasteiger partial charge in [0, 0.05) is 6.08 Å². The first-order chi connectivity index (χ1) is 22.3. The Kier molecular flexibility index (Phi) is 15.4. The molecular formula is C38H46O8. The highest BCUT2D eigenvalue weighted by molar-refractivity contribution is 5.93. The van der Waals surface area contributed by atoms with E-state index in [9.17, 15) is 14.4 Å². The van der Waals surface area contributed by atoms with Gasteiger partial charge < -0.3 is 23.7 Å². The van der Waals surface area contributed by atoms with Gasteiger partial charge in [0.1, 0.15) is 11.5 Å². The predicted octanol–water partition coefficient (Wildman–Crippen LogP) is 8.62. The van der Waals surface area contributed by atoms with Crippen LogP contribution in [-0.4, -0.2) is 38.2 Å². The van der Waals surface area contributed by atoms with E-state index in [0.29, 0.717) is 43.1 Å². The lowest BCUT2D eigenvalue weighted by molar-refractivity contribution is -0.137. The first kappa shape index (κ1) is 35.9. The third-order valence-corrected chi connectivity index (χ3v) is 7.42. The van der Waals surface area contributed by atoms with Crippen LogP contribution < -0.4 is 18.9 Å². The Bertz CT molecular complexity index is 1430. The molecule has 0 aromatic heterocycles. The molecule has 0 amide bonds. The molecule has 0 saturated heterocycles. The van der Waals surface area contributed by atoms with Crippen LogP contribution in [0, 0.1) is 6.92 Å². The van der Waals surface area contributed by atoms with E-state index < -0.39 is 17.9 Å². The van der Waals surface area contributed by atoms with E-state index in [2.05, 4.69) is 13.5 Å². The van der Waals surface area contributed by atoms with Crippen molar-refractivity contribution in [3.05, 3.63) is 95.6 Å². The quantitative estimate of drug-likeness (QED) is 0.0530. The number of aryl methyl sites for hydroxylation is 2. The molecule has 0 aliphatic carbocycles. The first-order valence-electron chi connectivity index (χ1n) is 16.1. The molecule has 0 aliphatic rings. The van der Waals surface area contributed by atoms with E-state index in [1.165, 1.54) is 69.4 Å². The van der Waals surface area contributed by atoms with Gasteiger partial charge >= 0.3 is 17.9 Å². The minimum absolute atomic E-state index is 0.175. The molecule has 0 N–H and O–H groups in total. The van der Waals surface area contributed by atoms with Crippen LogP contribution >= 0.6 is 0 Å². The molecule has 8 heteroatoms. The molecule has 0 atom stereocenters. The first-order valence-corrected chi connectivity index (χ1v) is 16.1. The highest BCUT2D eigenvalue weighted by Crippen LogP contribution is 2.30. The summed E-state index contributed by atoms with van der Waals surface area (Å²) in [5.41, 5.74) is 2.59. The third-order valence-electron chi connectivity index (χ3n) is 7.42. The Morgan fingerprint density at radius 2 is 1.33 bits per heavy atom. The summed E-state index contributed by atoms with van der Waals surface area (Å²) in [7, 11) is 1.44. The maximum atomic E-state index is 12.9. The molecule has 0 unspecified atom stereocenters. The Morgan fingerprint density at radius 3 is 2.00 bits per heavy atom. The van der Waals surface area contributed by atoms with Crippen molar-refractivity contribution in [2.75, 3.05) is 20.3 Å². The van der Waals surface area contributed by atoms with Crippen molar-refractivity contribution in [3.8, 4) is 23.0 Å². The number of rotatable bonds is 20. The highest BCUT2D eigenvalue weighted by atomic mass is 16.6. The number of hydrogen-bond acceptors (Lipinski definition) is 8. The molecule has 0 heterocycles. The molecule has 8 nitrogen and oxygen atoms in total. The van der Waals surface area contributed by atoms with Gasteiger partial charge in [-0.2, -0.15) is 0 Å². The zero-order valence-electron chi connectivity index (χ0n) is 27.3. The van der Waals surface area contributed by atoms with E-state index in [1.807, 2.05) is 31.2 Å². The van der Waals surface area contributed by atoms with Crippen LogP contribution in [0.15, 0.2) is 73.3 Å². The molecular weight excluding hydrogens is 584 g/mol. The maximum absolute atomic E-state index is 12.9. The van der Waals surface area contributed by atoms with Crippen LogP contribution in [0.3, 0.4) is 0 Å². The lowest BCUT2D eigenvalue weighted by Gasteiger charge is -2.13. The summed E-state index contributed by atoms with van der Waals surface area (Å²) >= 11 is 0. The Labute approximate surface area is 272 Å². The Balaban J connectivity index is 1.49. The summed E-state index contributed by atoms with van der Waals surface area (Å²) in [6.07, 6.45) is 12.4. The molecule has 0 spiro atoms. The molecule has 0 radical (unpaired) electrons. The summed E-state index contributed by atoms with van der Waals surface area (Å²) in [4.78, 5) is 36.9. The van der Waals surface area contributed by atoms with Gasteiger partial charge in [0.25, 0.3) is 0 Å². The van der Waals surface area contributed by atoms with E-state index in [0.717, 1.165) is 24.5 Å². The fourth-order valence-electron chi connectivity index (χ4n) is 4.77. The van der Waals surface area contributed by atoms with E-state index in [4.69, 9.17) is 23.7 Å². The fourth-order valence-corrected chi connectivity index (χ4v) is 4.77. The van der Waals surface area contributed by atoms with Gasteiger partial charge in [-0.15, -0.1) is 0 Å². The van der Waals surface area contributed by atoms with Crippen molar-refractivity contribution >= 4 is 17.9 Å². The van der Waals surface area contributed by atoms with Crippen molar-refractivity contribution in [2.24, 2.45) is 0 Å². The van der Waals surface area contributed by atoms with Gasteiger partial charge in [0.15, 0.2) is 11.5 Å². The molecule has 46 heavy (non-hydrogen) atoms. The average molecular weight is 631 g/mol. The zero-order valence-corrected chi connectivity index (χ0v) is 27.3. The summed E-state index contributed by atoms with van der Waals surface area (Å²) in [5, 5.41) is 0. The normalized spacial score (nSPS) is 10.6. The summed E-state index contributed by atoms with van der Waals surface area (Å²) in [5.74, 6) is -0.0655. The maximum Gasteiger partial charge on any atom is 0.343 e. The van der Waals surface area contributed by atoms with Gasteiger partial charge in [-0.1, -0.05) is 64.2 Å². The van der Waals surface area contributed by atoms with E-state index >= 15 is 0 Å². The number of carbonyl (C=O) groups is 3. The van der Waals surface area contributed by atoms with Crippen LogP contribution in [-0.2, 0) is 16.0 Å². The molecule has 0 fully saturated rings. The predicted molar refractivity (Wildman–Crippen MR) is 178 cm³/mol. The van der Waals surface area contributed by atoms with Gasteiger partial charge in [-0.25, -0.2) is 14.4 Å². The molecule has 246 valence electrons. The van der Waals surface area contributed by atoms with E-state index in [1.54, 1.807) is 18.2 Å². The number of methoxy groups -OCH3 is 1. The van der Waals surface area contributed by atoms with Crippen LogP contribution in [0.4, 0.5) is 0 Å². The smallest absolute Gasteiger partial charge is 0.343 e. The van der Waals surface area contributed by atoms with Gasteiger partial charge in [-0.05, 0) is 92.3 Å². The second-order valence-electron chi connectivity index (χ2n) is 11.1. The van der Waals surface area contributed by atoms with Crippen LogP contribution in [0.5, 0.6) is 23.0 Å². The lowest BCUT2D eigenvalue weighted by Crippen LogP contribution is -2.12. The summed E-state index contributed by atoms with van der Waals surface area (Å²) in [6.45, 7) is 8.17. The second-order valence-corrected chi connectivity index (χ2v) is 11.1. The Hall–Kier alpha value is -4.59. The van der Waals surface area contributed by atoms with Crippen molar-refractivity contribution in [1.29, 1.82) is 0 Å². The van der Waals surface area contributed by atoms with Gasteiger partial charge in [-0.3, -0.25) is 0 Å². The molecule has 3 aromatic carbocycles. The molecule has 3 rings (SSSR count). The summed E-state index contributed by atoms with van der Waals surface area (Å²) < 4.78 is 27.3. The van der Waals surface area contributed by atoms with Gasteiger partial charge in [0.2, 0.25) is 0 Å². The van der Waals surface area contributed by atoms with Crippen molar-refractivity contribution < 1.29 is 38.1 Å². The van der Waals surface area contributed by atoms with Crippen molar-refractivity contribution in [2.45, 2.75) is 78.1 Å². The minimum atomic E-state index is -0.580. The third kappa shape index (κ3) is 12.1. The molecule has 3 aromatic rings. The monoisotopic (exact) mass is 630 g/mol. The molecule has 0 aliphatic heterocycles. The number of ether oxygens (including phenoxy) is 5. The summed E-state index contributed by atoms with van der Waals surface area (Å²) in [6, 6.07) is 17.1. The average Bonchev–Trinajstić information content (AvgIpc) is 3.07. The molecule has 0 bridgehead atoms. The van der Waals surface area contributed by atoms with Crippen LogP contribution in [0.1, 0.15) is 96.6 Å². The van der Waals surface area contributed by atoms with Crippen LogP contribution in [0.25, 0.3) is 0 Å². The second kappa shape index (κ2) is 19.7. The van der Waals surface area contributed by atoms with E-state index in [-0.39, 0.29) is 17.1 Å². The Morgan fingerprint density at radius 1 is 0.696 bits per heavy atom. The standard InChI is InChI=1S/C38H46O8/c1-5-7-8-9-10-11-12-15-29-16-20-32(21-17-29)45-37(40)31-19-23-34(35(27-31)42-4)46-38(41)30-18-22-33(28(3)26-30)43-24-13-14-25-44-36(39)6-2/h6,16-23,26-27H,2,5,7-15,24-25H2,1,3-4H3.